The number of nitrogens with zero attached hydrogens (tertiary/aromatic N) is 1. The Bertz CT molecular complexity index is 337. The second kappa shape index (κ2) is 4.78. The van der Waals surface area contributed by atoms with Gasteiger partial charge in [-0.3, -0.25) is 4.79 Å². The van der Waals surface area contributed by atoms with Crippen LogP contribution < -0.4 is 0 Å². The van der Waals surface area contributed by atoms with E-state index in [-0.39, 0.29) is 5.78 Å². The molecule has 0 amide bonds. The molecule has 0 aromatic heterocycles. The van der Waals surface area contributed by atoms with Crippen LogP contribution in [0, 0.1) is 11.3 Å². The zero-order valence-electron chi connectivity index (χ0n) is 6.96. The van der Waals surface area contributed by atoms with E-state index in [4.69, 9.17) is 5.26 Å². The first-order valence-corrected chi connectivity index (χ1v) is 4.69. The monoisotopic (exact) mass is 237 g/mol. The quantitative estimate of drug-likeness (QED) is 0.759. The fourth-order valence-corrected chi connectivity index (χ4v) is 1.23. The molecule has 66 valence electrons. The average molecular weight is 238 g/mol. The Morgan fingerprint density at radius 3 is 2.54 bits per heavy atom. The van der Waals surface area contributed by atoms with E-state index in [9.17, 15) is 4.79 Å². The van der Waals surface area contributed by atoms with Gasteiger partial charge in [0.2, 0.25) is 5.78 Å². The summed E-state index contributed by atoms with van der Waals surface area (Å²) in [6, 6.07) is 9.32. The van der Waals surface area contributed by atoms with Gasteiger partial charge in [0.1, 0.15) is 6.07 Å². The van der Waals surface area contributed by atoms with E-state index in [1.54, 1.807) is 6.07 Å². The molecule has 3 heteroatoms. The van der Waals surface area contributed by atoms with Gasteiger partial charge in [-0.15, -0.1) is 0 Å². The Kier molecular flexibility index (Phi) is 3.66. The van der Waals surface area contributed by atoms with Gasteiger partial charge in [0.05, 0.1) is 0 Å². The number of Topliss-reactive ketones (excluding diaryl/α,β-unsaturated/α-hetero) is 1. The lowest BCUT2D eigenvalue weighted by Gasteiger charge is -1.97. The number of halogens is 1. The summed E-state index contributed by atoms with van der Waals surface area (Å²) in [7, 11) is 0. The van der Waals surface area contributed by atoms with Crippen LogP contribution >= 0.6 is 15.9 Å². The molecule has 0 radical (unpaired) electrons. The summed E-state index contributed by atoms with van der Waals surface area (Å²) < 4.78 is 1.02. The van der Waals surface area contributed by atoms with Crippen molar-refractivity contribution in [3.8, 4) is 6.07 Å². The molecule has 0 aliphatic carbocycles. The molecule has 0 aliphatic rings. The summed E-state index contributed by atoms with van der Waals surface area (Å²) >= 11 is 3.32. The second-order valence-electron chi connectivity index (χ2n) is 2.66. The maximum absolute atomic E-state index is 10.7. The zero-order chi connectivity index (χ0) is 9.68. The topological polar surface area (TPSA) is 40.9 Å². The van der Waals surface area contributed by atoms with Crippen LogP contribution in [0.25, 0.3) is 0 Å². The lowest BCUT2D eigenvalue weighted by Crippen LogP contribution is -1.95. The molecular formula is C10H8BrNO. The van der Waals surface area contributed by atoms with Crippen molar-refractivity contribution in [2.75, 3.05) is 0 Å². The van der Waals surface area contributed by atoms with E-state index in [1.807, 2.05) is 24.3 Å². The fraction of sp³-hybridized carbons (Fsp3) is 0.200. The predicted octanol–water partition coefficient (Wildman–Crippen LogP) is 2.47. The van der Waals surface area contributed by atoms with E-state index in [1.165, 1.54) is 0 Å². The van der Waals surface area contributed by atoms with Gasteiger partial charge in [0.25, 0.3) is 0 Å². The first-order chi connectivity index (χ1) is 6.22. The highest BCUT2D eigenvalue weighted by molar-refractivity contribution is 9.10. The summed E-state index contributed by atoms with van der Waals surface area (Å²) in [6.45, 7) is 0. The first-order valence-electron chi connectivity index (χ1n) is 3.90. The standard InChI is InChI=1S/C10H8BrNO/c11-9-4-1-8(2-5-9)3-6-10(13)7-12/h1-2,4-5H,3,6H2. The average Bonchev–Trinajstić information content (AvgIpc) is 2.16. The smallest absolute Gasteiger partial charge is 0.232 e. The minimum absolute atomic E-state index is 0.304. The Morgan fingerprint density at radius 2 is 2.00 bits per heavy atom. The maximum Gasteiger partial charge on any atom is 0.232 e. The number of nitriles is 1. The van der Waals surface area contributed by atoms with Crippen LogP contribution in [0.2, 0.25) is 0 Å². The summed E-state index contributed by atoms with van der Waals surface area (Å²) in [5, 5.41) is 8.25. The van der Waals surface area contributed by atoms with E-state index in [0.29, 0.717) is 12.8 Å². The third-order valence-electron chi connectivity index (χ3n) is 1.68. The number of rotatable bonds is 3. The maximum atomic E-state index is 10.7. The Labute approximate surface area is 85.3 Å². The molecule has 0 heterocycles. The molecule has 0 spiro atoms. The highest BCUT2D eigenvalue weighted by atomic mass is 79.9. The van der Waals surface area contributed by atoms with Crippen LogP contribution in [0.4, 0.5) is 0 Å². The molecule has 0 atom stereocenters. The lowest BCUT2D eigenvalue weighted by atomic mass is 10.1. The zero-order valence-corrected chi connectivity index (χ0v) is 8.54. The van der Waals surface area contributed by atoms with Gasteiger partial charge in [-0.25, -0.2) is 0 Å². The van der Waals surface area contributed by atoms with E-state index >= 15 is 0 Å². The Balaban J connectivity index is 2.52. The molecular weight excluding hydrogens is 230 g/mol. The van der Waals surface area contributed by atoms with Gasteiger partial charge in [-0.05, 0) is 24.1 Å². The molecule has 13 heavy (non-hydrogen) atoms. The van der Waals surface area contributed by atoms with Crippen LogP contribution in [-0.4, -0.2) is 5.78 Å². The molecule has 0 aliphatic heterocycles. The molecule has 0 fully saturated rings. The van der Waals surface area contributed by atoms with Gasteiger partial charge in [0.15, 0.2) is 0 Å². The van der Waals surface area contributed by atoms with Crippen LogP contribution in [0.3, 0.4) is 0 Å². The molecule has 0 bridgehead atoms. The highest BCUT2D eigenvalue weighted by Crippen LogP contribution is 2.11. The number of aryl methyl sites for hydroxylation is 1. The number of hydrogen-bond donors (Lipinski definition) is 0. The number of carbonyl (C=O) groups is 1. The molecule has 0 saturated carbocycles. The number of carbonyl (C=O) groups excluding carboxylic acids is 1. The molecule has 1 rings (SSSR count). The molecule has 1 aromatic rings. The Hall–Kier alpha value is -1.14. The van der Waals surface area contributed by atoms with E-state index in [0.717, 1.165) is 10.0 Å². The third-order valence-corrected chi connectivity index (χ3v) is 2.21. The minimum atomic E-state index is -0.358. The summed E-state index contributed by atoms with van der Waals surface area (Å²) in [5.74, 6) is -0.358. The summed E-state index contributed by atoms with van der Waals surface area (Å²) in [6.07, 6.45) is 0.942. The van der Waals surface area contributed by atoms with Crippen molar-refractivity contribution in [1.29, 1.82) is 5.26 Å². The normalized spacial score (nSPS) is 9.23. The largest absolute Gasteiger partial charge is 0.283 e. The number of benzene rings is 1. The van der Waals surface area contributed by atoms with Crippen LogP contribution in [-0.2, 0) is 11.2 Å². The van der Waals surface area contributed by atoms with Crippen molar-refractivity contribution in [3.63, 3.8) is 0 Å². The van der Waals surface area contributed by atoms with Gasteiger partial charge in [-0.2, -0.15) is 5.26 Å². The predicted molar refractivity (Wildman–Crippen MR) is 53.1 cm³/mol. The van der Waals surface area contributed by atoms with E-state index < -0.39 is 0 Å². The van der Waals surface area contributed by atoms with Gasteiger partial charge in [-0.1, -0.05) is 28.1 Å². The highest BCUT2D eigenvalue weighted by Gasteiger charge is 1.99. The number of hydrogen-bond acceptors (Lipinski definition) is 2. The SMILES string of the molecule is N#CC(=O)CCc1ccc(Br)cc1. The molecule has 0 saturated heterocycles. The van der Waals surface area contributed by atoms with Crippen LogP contribution in [0.5, 0.6) is 0 Å². The summed E-state index contributed by atoms with van der Waals surface area (Å²) in [5.41, 5.74) is 1.08. The van der Waals surface area contributed by atoms with E-state index in [2.05, 4.69) is 15.9 Å². The van der Waals surface area contributed by atoms with Crippen molar-refractivity contribution in [1.82, 2.24) is 0 Å². The molecule has 1 aromatic carbocycles. The summed E-state index contributed by atoms with van der Waals surface area (Å²) in [4.78, 5) is 10.7. The second-order valence-corrected chi connectivity index (χ2v) is 3.58. The van der Waals surface area contributed by atoms with Crippen LogP contribution in [0.1, 0.15) is 12.0 Å². The van der Waals surface area contributed by atoms with Crippen molar-refractivity contribution in [3.05, 3.63) is 34.3 Å². The van der Waals surface area contributed by atoms with Crippen LogP contribution in [0.15, 0.2) is 28.7 Å². The van der Waals surface area contributed by atoms with Gasteiger partial charge in [0, 0.05) is 10.9 Å². The lowest BCUT2D eigenvalue weighted by molar-refractivity contribution is -0.113. The van der Waals surface area contributed by atoms with Crippen molar-refractivity contribution < 1.29 is 4.79 Å². The molecule has 0 N–H and O–H groups in total. The fourth-order valence-electron chi connectivity index (χ4n) is 0.965. The molecule has 2 nitrogen and oxygen atoms in total. The van der Waals surface area contributed by atoms with Gasteiger partial charge >= 0.3 is 0 Å². The number of ketones is 1. The first kappa shape index (κ1) is 9.94. The third kappa shape index (κ3) is 3.39. The van der Waals surface area contributed by atoms with Crippen molar-refractivity contribution >= 4 is 21.7 Å². The van der Waals surface area contributed by atoms with Crippen molar-refractivity contribution in [2.45, 2.75) is 12.8 Å². The van der Waals surface area contributed by atoms with Crippen molar-refractivity contribution in [2.24, 2.45) is 0 Å². The minimum Gasteiger partial charge on any atom is -0.283 e. The molecule has 0 unspecified atom stereocenters. The Morgan fingerprint density at radius 1 is 1.38 bits per heavy atom. The van der Waals surface area contributed by atoms with Gasteiger partial charge < -0.3 is 0 Å².